The van der Waals surface area contributed by atoms with E-state index >= 15 is 0 Å². The van der Waals surface area contributed by atoms with Crippen molar-refractivity contribution in [2.45, 2.75) is 58.0 Å². The molecule has 0 aromatic carbocycles. The highest BCUT2D eigenvalue weighted by molar-refractivity contribution is 5.89. The van der Waals surface area contributed by atoms with Crippen molar-refractivity contribution in [3.8, 4) is 0 Å². The first-order chi connectivity index (χ1) is 9.56. The van der Waals surface area contributed by atoms with Gasteiger partial charge >= 0.3 is 0 Å². The van der Waals surface area contributed by atoms with Crippen LogP contribution in [0.25, 0.3) is 0 Å². The van der Waals surface area contributed by atoms with Crippen LogP contribution in [0.3, 0.4) is 0 Å². The van der Waals surface area contributed by atoms with E-state index in [0.29, 0.717) is 13.0 Å². The molecular weight excluding hydrogens is 290 g/mol. The van der Waals surface area contributed by atoms with Crippen LogP contribution in [0.15, 0.2) is 0 Å². The second kappa shape index (κ2) is 7.99. The number of rotatable bonds is 4. The number of hydrogen-bond donors (Lipinski definition) is 1. The molecular formula is C15H28ClN3O2. The number of nitrogens with zero attached hydrogens (tertiary/aromatic N) is 2. The number of amides is 2. The maximum atomic E-state index is 12.5. The van der Waals surface area contributed by atoms with Gasteiger partial charge < -0.3 is 15.5 Å². The van der Waals surface area contributed by atoms with Crippen LogP contribution in [0, 0.1) is 5.92 Å². The molecule has 21 heavy (non-hydrogen) atoms. The Balaban J connectivity index is 0.00000220. The highest BCUT2D eigenvalue weighted by atomic mass is 35.5. The average Bonchev–Trinajstić information content (AvgIpc) is 2.83. The van der Waals surface area contributed by atoms with Gasteiger partial charge in [-0.25, -0.2) is 0 Å². The Morgan fingerprint density at radius 2 is 1.86 bits per heavy atom. The van der Waals surface area contributed by atoms with E-state index in [0.717, 1.165) is 38.8 Å². The first kappa shape index (κ1) is 18.2. The van der Waals surface area contributed by atoms with E-state index in [1.54, 1.807) is 0 Å². The molecule has 0 bridgehead atoms. The molecule has 2 rings (SSSR count). The summed E-state index contributed by atoms with van der Waals surface area (Å²) < 4.78 is 0. The molecule has 0 aromatic rings. The van der Waals surface area contributed by atoms with Crippen LogP contribution in [0.2, 0.25) is 0 Å². The molecule has 2 aliphatic heterocycles. The van der Waals surface area contributed by atoms with Gasteiger partial charge in [0.2, 0.25) is 11.8 Å². The maximum Gasteiger partial charge on any atom is 0.227 e. The molecule has 0 saturated carbocycles. The topological polar surface area (TPSA) is 66.6 Å². The SMILES string of the molecule is CCC(CC)N1CC(C(=O)N2CCC(N)CC2)CC1=O.Cl. The Bertz CT molecular complexity index is 366. The van der Waals surface area contributed by atoms with Gasteiger partial charge in [-0.2, -0.15) is 0 Å². The molecule has 0 spiro atoms. The summed E-state index contributed by atoms with van der Waals surface area (Å²) in [7, 11) is 0. The molecule has 0 radical (unpaired) electrons. The minimum Gasteiger partial charge on any atom is -0.342 e. The standard InChI is InChI=1S/C15H27N3O2.ClH/c1-3-13(4-2)18-10-11(9-14(18)19)15(20)17-7-5-12(16)6-8-17;/h11-13H,3-10,16H2,1-2H3;1H. The summed E-state index contributed by atoms with van der Waals surface area (Å²) in [6.07, 6.45) is 4.06. The monoisotopic (exact) mass is 317 g/mol. The number of carbonyl (C=O) groups excluding carboxylic acids is 2. The van der Waals surface area contributed by atoms with E-state index in [1.807, 2.05) is 9.80 Å². The van der Waals surface area contributed by atoms with Crippen LogP contribution in [-0.2, 0) is 9.59 Å². The van der Waals surface area contributed by atoms with Gasteiger partial charge in [-0.3, -0.25) is 9.59 Å². The van der Waals surface area contributed by atoms with Crippen LogP contribution in [0.5, 0.6) is 0 Å². The Kier molecular flexibility index (Phi) is 6.94. The Hall–Kier alpha value is -0.810. The lowest BCUT2D eigenvalue weighted by Gasteiger charge is -2.32. The molecule has 2 amide bonds. The van der Waals surface area contributed by atoms with Gasteiger partial charge in [0.25, 0.3) is 0 Å². The summed E-state index contributed by atoms with van der Waals surface area (Å²) in [5.74, 6) is 0.155. The zero-order valence-electron chi connectivity index (χ0n) is 13.1. The molecule has 6 heteroatoms. The number of piperidine rings is 1. The fourth-order valence-corrected chi connectivity index (χ4v) is 3.36. The molecule has 2 saturated heterocycles. The highest BCUT2D eigenvalue weighted by Crippen LogP contribution is 2.25. The van der Waals surface area contributed by atoms with E-state index < -0.39 is 0 Å². The van der Waals surface area contributed by atoms with Crippen molar-refractivity contribution < 1.29 is 9.59 Å². The molecule has 1 atom stereocenters. The average molecular weight is 318 g/mol. The summed E-state index contributed by atoms with van der Waals surface area (Å²) in [5.41, 5.74) is 5.87. The van der Waals surface area contributed by atoms with Gasteiger partial charge in [-0.1, -0.05) is 13.8 Å². The molecule has 2 heterocycles. The Morgan fingerprint density at radius 1 is 1.29 bits per heavy atom. The zero-order valence-corrected chi connectivity index (χ0v) is 13.9. The Morgan fingerprint density at radius 3 is 2.38 bits per heavy atom. The number of halogens is 1. The number of carbonyl (C=O) groups is 2. The molecule has 5 nitrogen and oxygen atoms in total. The van der Waals surface area contributed by atoms with Gasteiger partial charge in [-0.15, -0.1) is 12.4 Å². The molecule has 2 aliphatic rings. The van der Waals surface area contributed by atoms with Gasteiger partial charge in [-0.05, 0) is 25.7 Å². The third-order valence-corrected chi connectivity index (χ3v) is 4.74. The lowest BCUT2D eigenvalue weighted by molar-refractivity contribution is -0.136. The van der Waals surface area contributed by atoms with E-state index in [-0.39, 0.29) is 42.2 Å². The molecule has 122 valence electrons. The molecule has 0 aliphatic carbocycles. The predicted octanol–water partition coefficient (Wildman–Crippen LogP) is 1.39. The fourth-order valence-electron chi connectivity index (χ4n) is 3.36. The zero-order chi connectivity index (χ0) is 14.7. The van der Waals surface area contributed by atoms with Crippen molar-refractivity contribution in [2.75, 3.05) is 19.6 Å². The van der Waals surface area contributed by atoms with E-state index in [1.165, 1.54) is 0 Å². The summed E-state index contributed by atoms with van der Waals surface area (Å²) >= 11 is 0. The van der Waals surface area contributed by atoms with Crippen LogP contribution < -0.4 is 5.73 Å². The lowest BCUT2D eigenvalue weighted by Crippen LogP contribution is -2.46. The first-order valence-electron chi connectivity index (χ1n) is 7.90. The summed E-state index contributed by atoms with van der Waals surface area (Å²) in [5, 5.41) is 0. The largest absolute Gasteiger partial charge is 0.342 e. The summed E-state index contributed by atoms with van der Waals surface area (Å²) in [4.78, 5) is 28.4. The van der Waals surface area contributed by atoms with Crippen LogP contribution in [0.1, 0.15) is 46.0 Å². The van der Waals surface area contributed by atoms with Gasteiger partial charge in [0, 0.05) is 38.1 Å². The van der Waals surface area contributed by atoms with Gasteiger partial charge in [0.15, 0.2) is 0 Å². The lowest BCUT2D eigenvalue weighted by atomic mass is 10.0. The van der Waals surface area contributed by atoms with E-state index in [4.69, 9.17) is 5.73 Å². The number of likely N-dealkylation sites (tertiary alicyclic amines) is 2. The number of hydrogen-bond acceptors (Lipinski definition) is 3. The quantitative estimate of drug-likeness (QED) is 0.852. The third-order valence-electron chi connectivity index (χ3n) is 4.74. The Labute approximate surface area is 133 Å². The minimum absolute atomic E-state index is 0. The maximum absolute atomic E-state index is 12.5. The van der Waals surface area contributed by atoms with Crippen molar-refractivity contribution in [1.82, 2.24) is 9.80 Å². The number of nitrogens with two attached hydrogens (primary N) is 1. The third kappa shape index (κ3) is 4.10. The first-order valence-corrected chi connectivity index (χ1v) is 7.90. The smallest absolute Gasteiger partial charge is 0.227 e. The molecule has 0 aromatic heterocycles. The van der Waals surface area contributed by atoms with Gasteiger partial charge in [0.05, 0.1) is 5.92 Å². The summed E-state index contributed by atoms with van der Waals surface area (Å²) in [6, 6.07) is 0.514. The van der Waals surface area contributed by atoms with E-state index in [9.17, 15) is 9.59 Å². The fraction of sp³-hybridized carbons (Fsp3) is 0.867. The summed E-state index contributed by atoms with van der Waals surface area (Å²) in [6.45, 7) is 6.29. The van der Waals surface area contributed by atoms with Crippen LogP contribution in [0.4, 0.5) is 0 Å². The predicted molar refractivity (Wildman–Crippen MR) is 85.2 cm³/mol. The van der Waals surface area contributed by atoms with Crippen LogP contribution >= 0.6 is 12.4 Å². The van der Waals surface area contributed by atoms with Crippen molar-refractivity contribution >= 4 is 24.2 Å². The second-order valence-corrected chi connectivity index (χ2v) is 6.08. The van der Waals surface area contributed by atoms with Crippen molar-refractivity contribution in [3.05, 3.63) is 0 Å². The normalized spacial score (nSPS) is 23.6. The molecule has 1 unspecified atom stereocenters. The van der Waals surface area contributed by atoms with Gasteiger partial charge in [0.1, 0.15) is 0 Å². The molecule has 2 N–H and O–H groups in total. The van der Waals surface area contributed by atoms with Crippen molar-refractivity contribution in [1.29, 1.82) is 0 Å². The minimum atomic E-state index is -0.141. The highest BCUT2D eigenvalue weighted by Gasteiger charge is 2.39. The van der Waals surface area contributed by atoms with Crippen molar-refractivity contribution in [3.63, 3.8) is 0 Å². The second-order valence-electron chi connectivity index (χ2n) is 6.08. The molecule has 2 fully saturated rings. The van der Waals surface area contributed by atoms with E-state index in [2.05, 4.69) is 13.8 Å². The van der Waals surface area contributed by atoms with Crippen molar-refractivity contribution in [2.24, 2.45) is 11.7 Å². The van der Waals surface area contributed by atoms with Crippen LogP contribution in [-0.4, -0.2) is 53.3 Å².